The second-order valence-corrected chi connectivity index (χ2v) is 3.77. The van der Waals surface area contributed by atoms with E-state index in [9.17, 15) is 17.6 Å². The summed E-state index contributed by atoms with van der Waals surface area (Å²) in [5, 5.41) is 0. The molecule has 0 aliphatic heterocycles. The minimum absolute atomic E-state index is 0. The second-order valence-electron chi connectivity index (χ2n) is 3.77. The average molecular weight is 287 g/mol. The fourth-order valence-electron chi connectivity index (χ4n) is 1.50. The highest BCUT2D eigenvalue weighted by Gasteiger charge is 2.34. The zero-order valence-corrected chi connectivity index (χ0v) is 10.3. The van der Waals surface area contributed by atoms with E-state index in [1.165, 1.54) is 6.07 Å². The van der Waals surface area contributed by atoms with Crippen LogP contribution >= 0.6 is 12.4 Å². The third kappa shape index (κ3) is 4.44. The van der Waals surface area contributed by atoms with Crippen molar-refractivity contribution in [2.24, 2.45) is 11.5 Å². The molecule has 0 fully saturated rings. The van der Waals surface area contributed by atoms with Gasteiger partial charge in [0.25, 0.3) is 0 Å². The lowest BCUT2D eigenvalue weighted by Gasteiger charge is -2.14. The summed E-state index contributed by atoms with van der Waals surface area (Å²) in [4.78, 5) is 0. The van der Waals surface area contributed by atoms with E-state index in [0.29, 0.717) is 31.0 Å². The molecular formula is C11H15ClF4N2. The normalized spacial score (nSPS) is 13.0. The van der Waals surface area contributed by atoms with Gasteiger partial charge in [-0.1, -0.05) is 6.07 Å². The molecule has 1 aromatic carbocycles. The van der Waals surface area contributed by atoms with Crippen LogP contribution in [0.15, 0.2) is 18.2 Å². The quantitative estimate of drug-likeness (QED) is 0.836. The van der Waals surface area contributed by atoms with Crippen molar-refractivity contribution < 1.29 is 17.6 Å². The number of rotatable bonds is 4. The summed E-state index contributed by atoms with van der Waals surface area (Å²) in [7, 11) is 0. The van der Waals surface area contributed by atoms with Gasteiger partial charge < -0.3 is 11.5 Å². The van der Waals surface area contributed by atoms with Crippen LogP contribution in [0.1, 0.15) is 30.0 Å². The topological polar surface area (TPSA) is 52.0 Å². The van der Waals surface area contributed by atoms with E-state index in [1.54, 1.807) is 0 Å². The van der Waals surface area contributed by atoms with E-state index in [-0.39, 0.29) is 12.4 Å². The van der Waals surface area contributed by atoms with Crippen molar-refractivity contribution in [3.8, 4) is 0 Å². The van der Waals surface area contributed by atoms with Gasteiger partial charge in [0.15, 0.2) is 0 Å². The standard InChI is InChI=1S/C11H14F4N2.ClH/c12-9-6-7(10(17)2-1-5-16)3-4-8(9)11(13,14)15;/h3-4,6,10H,1-2,5,16-17H2;1H/t10-;/m0./s1. The maximum atomic E-state index is 13.2. The first-order valence-electron chi connectivity index (χ1n) is 5.18. The van der Waals surface area contributed by atoms with Crippen LogP contribution in [-0.2, 0) is 6.18 Å². The Kier molecular flexibility index (Phi) is 6.59. The summed E-state index contributed by atoms with van der Waals surface area (Å²) in [6.45, 7) is 0.441. The lowest BCUT2D eigenvalue weighted by atomic mass is 10.0. The fraction of sp³-hybridized carbons (Fsp3) is 0.455. The maximum Gasteiger partial charge on any atom is 0.419 e. The molecule has 104 valence electrons. The van der Waals surface area contributed by atoms with Crippen LogP contribution in [0, 0.1) is 5.82 Å². The SMILES string of the molecule is Cl.NCCC[C@H](N)c1ccc(C(F)(F)F)c(F)c1. The van der Waals surface area contributed by atoms with Crippen molar-refractivity contribution in [2.45, 2.75) is 25.1 Å². The van der Waals surface area contributed by atoms with E-state index in [1.807, 2.05) is 0 Å². The molecule has 7 heteroatoms. The molecular weight excluding hydrogens is 272 g/mol. The van der Waals surface area contributed by atoms with Crippen LogP contribution in [0.4, 0.5) is 17.6 Å². The Morgan fingerprint density at radius 2 is 1.83 bits per heavy atom. The number of hydrogen-bond donors (Lipinski definition) is 2. The summed E-state index contributed by atoms with van der Waals surface area (Å²) in [6.07, 6.45) is -3.52. The van der Waals surface area contributed by atoms with Gasteiger partial charge in [-0.05, 0) is 37.1 Å². The summed E-state index contributed by atoms with van der Waals surface area (Å²) in [5.41, 5.74) is 10.1. The third-order valence-corrected chi connectivity index (χ3v) is 2.45. The average Bonchev–Trinajstić information content (AvgIpc) is 2.23. The molecule has 0 heterocycles. The monoisotopic (exact) mass is 286 g/mol. The van der Waals surface area contributed by atoms with Gasteiger partial charge in [0.05, 0.1) is 5.56 Å². The van der Waals surface area contributed by atoms with Crippen LogP contribution in [0.2, 0.25) is 0 Å². The van der Waals surface area contributed by atoms with E-state index < -0.39 is 23.6 Å². The van der Waals surface area contributed by atoms with E-state index in [2.05, 4.69) is 0 Å². The molecule has 4 N–H and O–H groups in total. The molecule has 1 aromatic rings. The molecule has 0 aliphatic carbocycles. The van der Waals surface area contributed by atoms with Gasteiger partial charge in [0.1, 0.15) is 5.82 Å². The van der Waals surface area contributed by atoms with Crippen molar-refractivity contribution in [2.75, 3.05) is 6.54 Å². The van der Waals surface area contributed by atoms with Crippen LogP contribution in [0.3, 0.4) is 0 Å². The maximum absolute atomic E-state index is 13.2. The number of nitrogens with two attached hydrogens (primary N) is 2. The third-order valence-electron chi connectivity index (χ3n) is 2.45. The van der Waals surface area contributed by atoms with Gasteiger partial charge in [0.2, 0.25) is 0 Å². The Hall–Kier alpha value is -0.850. The number of alkyl halides is 3. The summed E-state index contributed by atoms with van der Waals surface area (Å²) in [5.74, 6) is -1.29. The zero-order valence-electron chi connectivity index (χ0n) is 9.51. The van der Waals surface area contributed by atoms with E-state index >= 15 is 0 Å². The molecule has 0 radical (unpaired) electrons. The van der Waals surface area contributed by atoms with Crippen molar-refractivity contribution >= 4 is 12.4 Å². The molecule has 0 spiro atoms. The van der Waals surface area contributed by atoms with Crippen LogP contribution in [0.5, 0.6) is 0 Å². The van der Waals surface area contributed by atoms with Crippen molar-refractivity contribution in [1.29, 1.82) is 0 Å². The highest BCUT2D eigenvalue weighted by Crippen LogP contribution is 2.32. The Labute approximate surface area is 109 Å². The number of hydrogen-bond acceptors (Lipinski definition) is 2. The van der Waals surface area contributed by atoms with Gasteiger partial charge >= 0.3 is 6.18 Å². The fourth-order valence-corrected chi connectivity index (χ4v) is 1.50. The van der Waals surface area contributed by atoms with Crippen molar-refractivity contribution in [1.82, 2.24) is 0 Å². The largest absolute Gasteiger partial charge is 0.419 e. The molecule has 0 unspecified atom stereocenters. The van der Waals surface area contributed by atoms with Crippen LogP contribution < -0.4 is 11.5 Å². The number of halogens is 5. The predicted molar refractivity (Wildman–Crippen MR) is 63.9 cm³/mol. The first-order chi connectivity index (χ1) is 7.86. The Balaban J connectivity index is 0.00000289. The summed E-state index contributed by atoms with van der Waals surface area (Å²) >= 11 is 0. The molecule has 1 atom stereocenters. The van der Waals surface area contributed by atoms with Gasteiger partial charge in [-0.3, -0.25) is 0 Å². The first kappa shape index (κ1) is 17.2. The molecule has 18 heavy (non-hydrogen) atoms. The van der Waals surface area contributed by atoms with Crippen LogP contribution in [0.25, 0.3) is 0 Å². The molecule has 0 bridgehead atoms. The lowest BCUT2D eigenvalue weighted by molar-refractivity contribution is -0.140. The van der Waals surface area contributed by atoms with Gasteiger partial charge in [-0.15, -0.1) is 12.4 Å². The highest BCUT2D eigenvalue weighted by molar-refractivity contribution is 5.85. The Morgan fingerprint density at radius 3 is 2.28 bits per heavy atom. The zero-order chi connectivity index (χ0) is 13.1. The second kappa shape index (κ2) is 6.92. The summed E-state index contributed by atoms with van der Waals surface area (Å²) in [6, 6.07) is 2.26. The molecule has 2 nitrogen and oxygen atoms in total. The van der Waals surface area contributed by atoms with E-state index in [0.717, 1.165) is 6.07 Å². The van der Waals surface area contributed by atoms with Gasteiger partial charge in [-0.2, -0.15) is 13.2 Å². The molecule has 1 rings (SSSR count). The smallest absolute Gasteiger partial charge is 0.330 e. The van der Waals surface area contributed by atoms with Crippen LogP contribution in [-0.4, -0.2) is 6.54 Å². The molecule has 0 aliphatic rings. The molecule has 0 saturated carbocycles. The number of benzene rings is 1. The van der Waals surface area contributed by atoms with Gasteiger partial charge in [-0.25, -0.2) is 4.39 Å². The Morgan fingerprint density at radius 1 is 1.22 bits per heavy atom. The summed E-state index contributed by atoms with van der Waals surface area (Å²) < 4.78 is 50.1. The van der Waals surface area contributed by atoms with Gasteiger partial charge in [0, 0.05) is 6.04 Å². The first-order valence-corrected chi connectivity index (χ1v) is 5.18. The Bertz CT molecular complexity index is 382. The molecule has 0 amide bonds. The predicted octanol–water partition coefficient (Wildman–Crippen LogP) is 3.01. The lowest BCUT2D eigenvalue weighted by Crippen LogP contribution is -2.14. The minimum Gasteiger partial charge on any atom is -0.330 e. The van der Waals surface area contributed by atoms with Crippen molar-refractivity contribution in [3.05, 3.63) is 35.1 Å². The molecule has 0 aromatic heterocycles. The minimum atomic E-state index is -4.68. The highest BCUT2D eigenvalue weighted by atomic mass is 35.5. The molecule has 0 saturated heterocycles. The van der Waals surface area contributed by atoms with E-state index in [4.69, 9.17) is 11.5 Å². The van der Waals surface area contributed by atoms with Crippen molar-refractivity contribution in [3.63, 3.8) is 0 Å².